The molecule has 0 saturated carbocycles. The van der Waals surface area contributed by atoms with Crippen molar-refractivity contribution in [2.45, 2.75) is 39.7 Å². The summed E-state index contributed by atoms with van der Waals surface area (Å²) in [5.74, 6) is 0.742. The van der Waals surface area contributed by atoms with Crippen molar-refractivity contribution in [2.75, 3.05) is 26.2 Å². The predicted octanol–water partition coefficient (Wildman–Crippen LogP) is 4.15. The highest BCUT2D eigenvalue weighted by Gasteiger charge is 2.27. The van der Waals surface area contributed by atoms with E-state index in [0.717, 1.165) is 19.0 Å². The van der Waals surface area contributed by atoms with E-state index in [9.17, 15) is 0 Å². The fourth-order valence-electron chi connectivity index (χ4n) is 2.75. The van der Waals surface area contributed by atoms with E-state index < -0.39 is 0 Å². The van der Waals surface area contributed by atoms with Crippen LogP contribution in [0, 0.1) is 5.92 Å². The number of halogens is 2. The van der Waals surface area contributed by atoms with Crippen LogP contribution in [0.3, 0.4) is 0 Å². The van der Waals surface area contributed by atoms with E-state index in [4.69, 9.17) is 0 Å². The fraction of sp³-hybridized carbons (Fsp3) is 0.733. The number of thiophene rings is 1. The molecule has 1 N–H and O–H groups in total. The molecule has 2 atom stereocenters. The van der Waals surface area contributed by atoms with Crippen molar-refractivity contribution >= 4 is 36.2 Å². The highest BCUT2D eigenvalue weighted by atomic mass is 35.5. The van der Waals surface area contributed by atoms with E-state index in [2.05, 4.69) is 43.1 Å². The summed E-state index contributed by atoms with van der Waals surface area (Å²) in [6, 6.07) is 5.31. The Morgan fingerprint density at radius 1 is 1.20 bits per heavy atom. The van der Waals surface area contributed by atoms with Crippen LogP contribution in [0.4, 0.5) is 0 Å². The van der Waals surface area contributed by atoms with Crippen molar-refractivity contribution in [2.24, 2.45) is 5.92 Å². The quantitative estimate of drug-likeness (QED) is 0.867. The largest absolute Gasteiger partial charge is 0.314 e. The maximum Gasteiger partial charge on any atom is 0.0468 e. The summed E-state index contributed by atoms with van der Waals surface area (Å²) >= 11 is 2.02. The highest BCUT2D eigenvalue weighted by molar-refractivity contribution is 7.12. The summed E-state index contributed by atoms with van der Waals surface area (Å²) in [7, 11) is 0. The van der Waals surface area contributed by atoms with Gasteiger partial charge in [0, 0.05) is 42.0 Å². The van der Waals surface area contributed by atoms with Gasteiger partial charge >= 0.3 is 0 Å². The van der Waals surface area contributed by atoms with Crippen LogP contribution >= 0.6 is 36.2 Å². The highest BCUT2D eigenvalue weighted by Crippen LogP contribution is 2.35. The molecule has 1 aromatic rings. The van der Waals surface area contributed by atoms with Crippen molar-refractivity contribution in [1.82, 2.24) is 10.2 Å². The van der Waals surface area contributed by atoms with Gasteiger partial charge in [-0.05, 0) is 24.5 Å². The molecule has 1 aromatic heterocycles. The molecular weight excluding hydrogens is 311 g/mol. The minimum absolute atomic E-state index is 0. The monoisotopic (exact) mass is 338 g/mol. The van der Waals surface area contributed by atoms with Crippen LogP contribution in [-0.2, 0) is 6.42 Å². The molecule has 1 fully saturated rings. The van der Waals surface area contributed by atoms with Crippen molar-refractivity contribution in [1.29, 1.82) is 0 Å². The van der Waals surface area contributed by atoms with Crippen LogP contribution in [0.15, 0.2) is 12.1 Å². The smallest absolute Gasteiger partial charge is 0.0468 e. The number of piperazine rings is 1. The van der Waals surface area contributed by atoms with Crippen LogP contribution in [0.25, 0.3) is 0 Å². The van der Waals surface area contributed by atoms with Gasteiger partial charge in [-0.2, -0.15) is 0 Å². The summed E-state index contributed by atoms with van der Waals surface area (Å²) < 4.78 is 0. The first-order valence-electron chi connectivity index (χ1n) is 7.29. The van der Waals surface area contributed by atoms with Gasteiger partial charge < -0.3 is 5.32 Å². The molecule has 1 unspecified atom stereocenters. The van der Waals surface area contributed by atoms with Gasteiger partial charge in [0.1, 0.15) is 0 Å². The topological polar surface area (TPSA) is 15.3 Å². The van der Waals surface area contributed by atoms with Gasteiger partial charge in [-0.1, -0.05) is 27.2 Å². The minimum Gasteiger partial charge on any atom is -0.314 e. The van der Waals surface area contributed by atoms with Crippen molar-refractivity contribution < 1.29 is 0 Å². The number of rotatable bonds is 5. The molecule has 2 nitrogen and oxygen atoms in total. The second kappa shape index (κ2) is 10.0. The normalized spacial score (nSPS) is 18.8. The van der Waals surface area contributed by atoms with Crippen LogP contribution in [0.1, 0.15) is 43.0 Å². The van der Waals surface area contributed by atoms with E-state index >= 15 is 0 Å². The molecule has 0 aliphatic carbocycles. The molecule has 0 amide bonds. The number of nitrogens with one attached hydrogen (secondary N) is 1. The van der Waals surface area contributed by atoms with Gasteiger partial charge in [0.2, 0.25) is 0 Å². The first-order chi connectivity index (χ1) is 8.76. The molecule has 1 aliphatic rings. The number of hydrogen-bond donors (Lipinski definition) is 1. The van der Waals surface area contributed by atoms with Crippen LogP contribution in [0.5, 0.6) is 0 Å². The summed E-state index contributed by atoms with van der Waals surface area (Å²) in [6.07, 6.45) is 2.42. The Labute approximate surface area is 140 Å². The lowest BCUT2D eigenvalue weighted by molar-refractivity contribution is 0.131. The minimum atomic E-state index is 0. The first kappa shape index (κ1) is 20.2. The summed E-state index contributed by atoms with van der Waals surface area (Å²) in [6.45, 7) is 11.6. The maximum absolute atomic E-state index is 3.46. The third-order valence-electron chi connectivity index (χ3n) is 4.05. The van der Waals surface area contributed by atoms with E-state index in [1.807, 2.05) is 11.3 Å². The van der Waals surface area contributed by atoms with Gasteiger partial charge in [0.05, 0.1) is 0 Å². The van der Waals surface area contributed by atoms with Crippen LogP contribution in [-0.4, -0.2) is 31.1 Å². The zero-order chi connectivity index (χ0) is 13.0. The Hall–Kier alpha value is 0.200. The molecule has 0 aromatic carbocycles. The SMILES string of the molecule is CCc1ccc([C@H](C(C)CC)N2CCNCC2)s1.Cl.Cl. The Morgan fingerprint density at radius 3 is 2.35 bits per heavy atom. The molecule has 0 radical (unpaired) electrons. The standard InChI is InChI=1S/C15H26N2S.2ClH/c1-4-12(3)15(17-10-8-16-9-11-17)14-7-6-13(5-2)18-14;;/h6-7,12,15-16H,4-5,8-11H2,1-3H3;2*1H/t12?,15-;;/m0../s1. The summed E-state index contributed by atoms with van der Waals surface area (Å²) in [5, 5.41) is 3.46. The Morgan fingerprint density at radius 2 is 1.85 bits per heavy atom. The third kappa shape index (κ3) is 4.88. The molecule has 2 rings (SSSR count). The Kier molecular flexibility index (Phi) is 10.1. The van der Waals surface area contributed by atoms with Gasteiger partial charge in [0.25, 0.3) is 0 Å². The van der Waals surface area contributed by atoms with Crippen molar-refractivity contribution in [3.05, 3.63) is 21.9 Å². The van der Waals surface area contributed by atoms with Gasteiger partial charge in [-0.3, -0.25) is 4.90 Å². The molecule has 0 spiro atoms. The zero-order valence-electron chi connectivity index (χ0n) is 12.7. The van der Waals surface area contributed by atoms with Gasteiger partial charge in [-0.25, -0.2) is 0 Å². The molecule has 20 heavy (non-hydrogen) atoms. The fourth-order valence-corrected chi connectivity index (χ4v) is 3.97. The van der Waals surface area contributed by atoms with E-state index in [0.29, 0.717) is 6.04 Å². The average Bonchev–Trinajstić information content (AvgIpc) is 2.88. The van der Waals surface area contributed by atoms with E-state index in [1.54, 1.807) is 4.88 Å². The molecule has 2 heterocycles. The average molecular weight is 339 g/mol. The lowest BCUT2D eigenvalue weighted by Gasteiger charge is -2.37. The second-order valence-electron chi connectivity index (χ2n) is 5.27. The molecule has 5 heteroatoms. The van der Waals surface area contributed by atoms with Crippen LogP contribution in [0.2, 0.25) is 0 Å². The molecule has 0 bridgehead atoms. The Bertz CT molecular complexity index is 365. The Balaban J connectivity index is 0.00000180. The molecule has 1 saturated heterocycles. The molecule has 1 aliphatic heterocycles. The zero-order valence-corrected chi connectivity index (χ0v) is 15.2. The van der Waals surface area contributed by atoms with Crippen molar-refractivity contribution in [3.63, 3.8) is 0 Å². The predicted molar refractivity (Wildman–Crippen MR) is 94.8 cm³/mol. The van der Waals surface area contributed by atoms with E-state index in [-0.39, 0.29) is 24.8 Å². The number of aryl methyl sites for hydroxylation is 1. The van der Waals surface area contributed by atoms with Gasteiger partial charge in [-0.15, -0.1) is 36.2 Å². The number of nitrogens with zero attached hydrogens (tertiary/aromatic N) is 1. The molecular formula is C15H28Cl2N2S. The number of hydrogen-bond acceptors (Lipinski definition) is 3. The second-order valence-corrected chi connectivity index (χ2v) is 6.47. The lowest BCUT2D eigenvalue weighted by Crippen LogP contribution is -2.46. The lowest BCUT2D eigenvalue weighted by atomic mass is 9.95. The van der Waals surface area contributed by atoms with Crippen molar-refractivity contribution in [3.8, 4) is 0 Å². The van der Waals surface area contributed by atoms with Crippen LogP contribution < -0.4 is 5.32 Å². The summed E-state index contributed by atoms with van der Waals surface area (Å²) in [4.78, 5) is 5.77. The van der Waals surface area contributed by atoms with Gasteiger partial charge in [0.15, 0.2) is 0 Å². The maximum atomic E-state index is 3.46. The summed E-state index contributed by atoms with van der Waals surface area (Å²) in [5.41, 5.74) is 0. The van der Waals surface area contributed by atoms with E-state index in [1.165, 1.54) is 30.8 Å². The first-order valence-corrected chi connectivity index (χ1v) is 8.11. The third-order valence-corrected chi connectivity index (χ3v) is 5.35. The molecule has 118 valence electrons.